The monoisotopic (exact) mass is 468 g/mol. The van der Waals surface area contributed by atoms with Gasteiger partial charge in [0, 0.05) is 18.7 Å². The summed E-state index contributed by atoms with van der Waals surface area (Å²) in [5.41, 5.74) is 14.3. The fraction of sp³-hybridized carbons (Fsp3) is 0.440. The molecule has 33 heavy (non-hydrogen) atoms. The predicted octanol–water partition coefficient (Wildman–Crippen LogP) is 2.90. The van der Waals surface area contributed by atoms with Gasteiger partial charge in [-0.3, -0.25) is 15.1 Å². The SMILES string of the molecule is C=C(Cc1c(C)cc(C(C)(C)C)cc1C)NCCN=C(N)NC(=O)c1nc(C)c(P)nc1C. The number of guanidine groups is 1. The van der Waals surface area contributed by atoms with Crippen LogP contribution in [0, 0.1) is 27.7 Å². The summed E-state index contributed by atoms with van der Waals surface area (Å²) in [6.45, 7) is 19.6. The Morgan fingerprint density at radius 2 is 1.73 bits per heavy atom. The number of aromatic nitrogens is 2. The minimum atomic E-state index is -0.420. The Hall–Kier alpha value is -2.79. The number of benzene rings is 1. The van der Waals surface area contributed by atoms with E-state index in [0.29, 0.717) is 29.9 Å². The molecular weight excluding hydrogens is 431 g/mol. The van der Waals surface area contributed by atoms with Crippen molar-refractivity contribution in [1.82, 2.24) is 20.6 Å². The van der Waals surface area contributed by atoms with Crippen LogP contribution in [0.25, 0.3) is 0 Å². The Balaban J connectivity index is 1.88. The molecule has 4 N–H and O–H groups in total. The first-order valence-corrected chi connectivity index (χ1v) is 11.6. The molecule has 0 aliphatic heterocycles. The third-order valence-corrected chi connectivity index (χ3v) is 6.01. The van der Waals surface area contributed by atoms with Gasteiger partial charge in [0.15, 0.2) is 5.96 Å². The molecule has 0 aliphatic rings. The molecule has 1 atom stereocenters. The third kappa shape index (κ3) is 7.36. The zero-order valence-electron chi connectivity index (χ0n) is 20.9. The predicted molar refractivity (Wildman–Crippen MR) is 140 cm³/mol. The van der Waals surface area contributed by atoms with Crippen LogP contribution in [0.5, 0.6) is 0 Å². The highest BCUT2D eigenvalue weighted by Gasteiger charge is 2.17. The fourth-order valence-electron chi connectivity index (χ4n) is 3.44. The molecule has 0 spiro atoms. The number of nitrogens with two attached hydrogens (primary N) is 1. The summed E-state index contributed by atoms with van der Waals surface area (Å²) in [4.78, 5) is 25.2. The fourth-order valence-corrected chi connectivity index (χ4v) is 3.70. The summed E-state index contributed by atoms with van der Waals surface area (Å²) in [6.07, 6.45) is 0.751. The first-order chi connectivity index (χ1) is 15.3. The molecule has 0 saturated heterocycles. The zero-order chi connectivity index (χ0) is 24.9. The second-order valence-corrected chi connectivity index (χ2v) is 9.94. The Kier molecular flexibility index (Phi) is 8.73. The highest BCUT2D eigenvalue weighted by Crippen LogP contribution is 2.27. The minimum Gasteiger partial charge on any atom is -0.387 e. The van der Waals surface area contributed by atoms with Gasteiger partial charge in [-0.25, -0.2) is 9.97 Å². The van der Waals surface area contributed by atoms with Crippen molar-refractivity contribution in [2.45, 2.75) is 60.3 Å². The lowest BCUT2D eigenvalue weighted by Gasteiger charge is -2.23. The molecule has 178 valence electrons. The van der Waals surface area contributed by atoms with Gasteiger partial charge >= 0.3 is 0 Å². The minimum absolute atomic E-state index is 0.0469. The molecular formula is C25H37N6OP. The lowest BCUT2D eigenvalue weighted by Crippen LogP contribution is -2.38. The van der Waals surface area contributed by atoms with E-state index in [-0.39, 0.29) is 17.1 Å². The average molecular weight is 469 g/mol. The number of rotatable bonds is 7. The molecule has 2 rings (SSSR count). The molecule has 0 radical (unpaired) electrons. The quantitative estimate of drug-likeness (QED) is 0.251. The van der Waals surface area contributed by atoms with E-state index in [1.165, 1.54) is 22.3 Å². The van der Waals surface area contributed by atoms with Crippen LogP contribution in [-0.4, -0.2) is 34.9 Å². The van der Waals surface area contributed by atoms with Crippen LogP contribution in [-0.2, 0) is 11.8 Å². The van der Waals surface area contributed by atoms with Crippen LogP contribution < -0.4 is 21.8 Å². The van der Waals surface area contributed by atoms with Crippen molar-refractivity contribution in [3.63, 3.8) is 0 Å². The average Bonchev–Trinajstić information content (AvgIpc) is 2.69. The van der Waals surface area contributed by atoms with Crippen molar-refractivity contribution in [2.75, 3.05) is 13.1 Å². The first kappa shape index (κ1) is 26.5. The summed E-state index contributed by atoms with van der Waals surface area (Å²) in [5, 5.41) is 5.87. The Labute approximate surface area is 200 Å². The number of carbonyl (C=O) groups is 1. The van der Waals surface area contributed by atoms with Crippen molar-refractivity contribution >= 4 is 26.5 Å². The van der Waals surface area contributed by atoms with E-state index in [4.69, 9.17) is 5.73 Å². The van der Waals surface area contributed by atoms with Gasteiger partial charge in [-0.05, 0) is 55.4 Å². The molecule has 0 aliphatic carbocycles. The van der Waals surface area contributed by atoms with Crippen LogP contribution in [0.4, 0.5) is 0 Å². The maximum Gasteiger partial charge on any atom is 0.278 e. The van der Waals surface area contributed by atoms with Crippen LogP contribution in [0.3, 0.4) is 0 Å². The number of nitrogens with one attached hydrogen (secondary N) is 2. The molecule has 1 aromatic heterocycles. The summed E-state index contributed by atoms with van der Waals surface area (Å²) < 4.78 is 0. The van der Waals surface area contributed by atoms with Crippen LogP contribution in [0.15, 0.2) is 29.4 Å². The van der Waals surface area contributed by atoms with Gasteiger partial charge in [-0.2, -0.15) is 0 Å². The maximum absolute atomic E-state index is 12.4. The molecule has 1 unspecified atom stereocenters. The highest BCUT2D eigenvalue weighted by atomic mass is 31.0. The van der Waals surface area contributed by atoms with E-state index in [2.05, 4.69) is 88.2 Å². The molecule has 7 nitrogen and oxygen atoms in total. The van der Waals surface area contributed by atoms with Gasteiger partial charge in [0.1, 0.15) is 5.69 Å². The normalized spacial score (nSPS) is 11.9. The Bertz CT molecular complexity index is 1060. The summed E-state index contributed by atoms with van der Waals surface area (Å²) in [6, 6.07) is 4.54. The van der Waals surface area contributed by atoms with Crippen LogP contribution >= 0.6 is 9.24 Å². The van der Waals surface area contributed by atoms with Crippen molar-refractivity contribution in [3.05, 3.63) is 63.7 Å². The van der Waals surface area contributed by atoms with E-state index in [1.807, 2.05) is 0 Å². The number of hydrogen-bond acceptors (Lipinski definition) is 5. The Morgan fingerprint density at radius 3 is 2.30 bits per heavy atom. The van der Waals surface area contributed by atoms with Gasteiger partial charge in [-0.15, -0.1) is 0 Å². The Morgan fingerprint density at radius 1 is 1.12 bits per heavy atom. The molecule has 8 heteroatoms. The number of nitrogens with zero attached hydrogens (tertiary/aromatic N) is 3. The molecule has 0 fully saturated rings. The molecule has 1 heterocycles. The van der Waals surface area contributed by atoms with Gasteiger partial charge in [-0.1, -0.05) is 48.7 Å². The van der Waals surface area contributed by atoms with Gasteiger partial charge in [0.2, 0.25) is 0 Å². The standard InChI is InChI=1S/C25H37N6OP/c1-14-11-19(25(6,7)8)12-15(2)20(14)13-16(3)27-9-10-28-24(26)31-22(32)21-17(4)30-23(33)18(5)29-21/h11-12,27H,3,9-10,13,33H2,1-2,4-8H3,(H3,26,28,31,32). The zero-order valence-corrected chi connectivity index (χ0v) is 22.0. The number of aliphatic imine (C=N–C) groups is 1. The molecule has 1 aromatic carbocycles. The van der Waals surface area contributed by atoms with E-state index in [0.717, 1.165) is 12.1 Å². The van der Waals surface area contributed by atoms with E-state index in [9.17, 15) is 4.79 Å². The van der Waals surface area contributed by atoms with Crippen molar-refractivity contribution in [3.8, 4) is 0 Å². The summed E-state index contributed by atoms with van der Waals surface area (Å²) in [5.74, 6) is -0.373. The lowest BCUT2D eigenvalue weighted by molar-refractivity contribution is 0.0970. The largest absolute Gasteiger partial charge is 0.387 e. The second kappa shape index (κ2) is 10.9. The smallest absolute Gasteiger partial charge is 0.278 e. The van der Waals surface area contributed by atoms with Crippen molar-refractivity contribution in [1.29, 1.82) is 0 Å². The van der Waals surface area contributed by atoms with Gasteiger partial charge < -0.3 is 11.1 Å². The maximum atomic E-state index is 12.4. The summed E-state index contributed by atoms with van der Waals surface area (Å²) in [7, 11) is 2.50. The van der Waals surface area contributed by atoms with E-state index in [1.54, 1.807) is 13.8 Å². The topological polar surface area (TPSA) is 105 Å². The van der Waals surface area contributed by atoms with Crippen LogP contribution in [0.1, 0.15) is 64.9 Å². The van der Waals surface area contributed by atoms with Gasteiger partial charge in [0.25, 0.3) is 5.91 Å². The van der Waals surface area contributed by atoms with Gasteiger partial charge in [0.05, 0.1) is 23.4 Å². The molecule has 0 bridgehead atoms. The van der Waals surface area contributed by atoms with Crippen LogP contribution in [0.2, 0.25) is 0 Å². The lowest BCUT2D eigenvalue weighted by atomic mass is 9.83. The molecule has 0 saturated carbocycles. The molecule has 2 aromatic rings. The number of amides is 1. The van der Waals surface area contributed by atoms with E-state index < -0.39 is 5.91 Å². The summed E-state index contributed by atoms with van der Waals surface area (Å²) >= 11 is 0. The number of aryl methyl sites for hydroxylation is 4. The number of allylic oxidation sites excluding steroid dienone is 1. The highest BCUT2D eigenvalue weighted by molar-refractivity contribution is 7.27. The van der Waals surface area contributed by atoms with E-state index >= 15 is 0 Å². The molecule has 1 amide bonds. The first-order valence-electron chi connectivity index (χ1n) is 11.0. The number of carbonyl (C=O) groups excluding carboxylic acids is 1. The number of hydrogen-bond donors (Lipinski definition) is 3. The van der Waals surface area contributed by atoms with Crippen molar-refractivity contribution in [2.24, 2.45) is 10.7 Å². The second-order valence-electron chi connectivity index (χ2n) is 9.40. The third-order valence-electron chi connectivity index (χ3n) is 5.46. The van der Waals surface area contributed by atoms with Crippen molar-refractivity contribution < 1.29 is 4.79 Å².